The molecule has 1 heterocycles. The largest absolute Gasteiger partial charge is 0.443 e. The lowest BCUT2D eigenvalue weighted by Gasteiger charge is -2.31. The Bertz CT molecular complexity index is 584. The number of anilines is 1. The molecule has 1 unspecified atom stereocenters. The van der Waals surface area contributed by atoms with E-state index in [1.54, 1.807) is 4.90 Å². The maximum atomic E-state index is 12.6. The van der Waals surface area contributed by atoms with Gasteiger partial charge in [0.15, 0.2) is 0 Å². The molecule has 3 rings (SSSR count). The Morgan fingerprint density at radius 3 is 2.57 bits per heavy atom. The van der Waals surface area contributed by atoms with Crippen molar-refractivity contribution in [2.75, 3.05) is 4.90 Å². The maximum Gasteiger partial charge on any atom is 0.415 e. The number of para-hydroxylation sites is 1. The van der Waals surface area contributed by atoms with Crippen LogP contribution in [0.15, 0.2) is 24.3 Å². The molecule has 0 radical (unpaired) electrons. The van der Waals surface area contributed by atoms with E-state index in [4.69, 9.17) is 4.74 Å². The van der Waals surface area contributed by atoms with Gasteiger partial charge >= 0.3 is 6.09 Å². The van der Waals surface area contributed by atoms with E-state index in [2.05, 4.69) is 0 Å². The highest BCUT2D eigenvalue weighted by atomic mass is 16.6. The summed E-state index contributed by atoms with van der Waals surface area (Å²) >= 11 is 0. The fourth-order valence-electron chi connectivity index (χ4n) is 3.06. The van der Waals surface area contributed by atoms with Gasteiger partial charge < -0.3 is 9.53 Å². The zero-order valence-electron chi connectivity index (χ0n) is 12.8. The van der Waals surface area contributed by atoms with Gasteiger partial charge in [-0.1, -0.05) is 18.2 Å². The van der Waals surface area contributed by atoms with Gasteiger partial charge in [-0.15, -0.1) is 0 Å². The Kier molecular flexibility index (Phi) is 3.08. The van der Waals surface area contributed by atoms with Crippen LogP contribution in [0.25, 0.3) is 0 Å². The highest BCUT2D eigenvalue weighted by molar-refractivity contribution is 5.93. The molecule has 0 aromatic heterocycles. The Morgan fingerprint density at radius 1 is 1.33 bits per heavy atom. The van der Waals surface area contributed by atoms with Crippen LogP contribution in [-0.2, 0) is 16.0 Å². The number of nitrogens with zero attached hydrogens (tertiary/aromatic N) is 1. The van der Waals surface area contributed by atoms with Gasteiger partial charge in [0.2, 0.25) is 0 Å². The third kappa shape index (κ3) is 2.43. The Morgan fingerprint density at radius 2 is 2.00 bits per heavy atom. The normalized spacial score (nSPS) is 22.6. The summed E-state index contributed by atoms with van der Waals surface area (Å²) in [5, 5.41) is 0. The summed E-state index contributed by atoms with van der Waals surface area (Å²) in [6.07, 6.45) is 3.11. The molecule has 1 aromatic carbocycles. The summed E-state index contributed by atoms with van der Waals surface area (Å²) in [6, 6.07) is 7.73. The van der Waals surface area contributed by atoms with Crippen LogP contribution >= 0.6 is 0 Å². The lowest BCUT2D eigenvalue weighted by atomic mass is 9.94. The van der Waals surface area contributed by atoms with Gasteiger partial charge in [-0.25, -0.2) is 4.79 Å². The minimum absolute atomic E-state index is 0.109. The second-order valence-electron chi connectivity index (χ2n) is 7.05. The van der Waals surface area contributed by atoms with E-state index in [0.29, 0.717) is 0 Å². The molecule has 1 saturated carbocycles. The molecular formula is C17H21NO3. The van der Waals surface area contributed by atoms with Crippen LogP contribution in [0.1, 0.15) is 39.2 Å². The van der Waals surface area contributed by atoms with Crippen molar-refractivity contribution in [2.45, 2.75) is 51.7 Å². The lowest BCUT2D eigenvalue weighted by molar-refractivity contribution is -0.112. The number of carbonyl (C=O) groups is 2. The zero-order chi connectivity index (χ0) is 15.3. The molecule has 1 atom stereocenters. The first-order chi connectivity index (χ1) is 9.86. The molecule has 112 valence electrons. The van der Waals surface area contributed by atoms with Crippen molar-refractivity contribution in [3.63, 3.8) is 0 Å². The monoisotopic (exact) mass is 287 g/mol. The SMILES string of the molecule is CC(C)(C)OC(=O)N1c2ccccc2CC1C1(C=O)CC1. The standard InChI is InChI=1S/C17H21NO3/c1-16(2,3)21-15(20)18-13-7-5-4-6-12(13)10-14(18)17(11-19)8-9-17/h4-7,11,14H,8-10H2,1-3H3. The molecule has 1 amide bonds. The lowest BCUT2D eigenvalue weighted by Crippen LogP contribution is -2.46. The van der Waals surface area contributed by atoms with E-state index in [1.807, 2.05) is 45.0 Å². The van der Waals surface area contributed by atoms with Crippen LogP contribution in [0.4, 0.5) is 10.5 Å². The van der Waals surface area contributed by atoms with Crippen molar-refractivity contribution in [1.29, 1.82) is 0 Å². The first-order valence-corrected chi connectivity index (χ1v) is 7.43. The average Bonchev–Trinajstić information content (AvgIpc) is 3.10. The Balaban J connectivity index is 1.96. The fourth-order valence-corrected chi connectivity index (χ4v) is 3.06. The summed E-state index contributed by atoms with van der Waals surface area (Å²) < 4.78 is 5.55. The Hall–Kier alpha value is -1.84. The molecule has 1 aromatic rings. The quantitative estimate of drug-likeness (QED) is 0.784. The summed E-state index contributed by atoms with van der Waals surface area (Å²) in [5.74, 6) is 0. The molecular weight excluding hydrogens is 266 g/mol. The molecule has 0 N–H and O–H groups in total. The maximum absolute atomic E-state index is 12.6. The summed E-state index contributed by atoms with van der Waals surface area (Å²) in [7, 11) is 0. The van der Waals surface area contributed by atoms with Gasteiger partial charge in [0, 0.05) is 5.41 Å². The first-order valence-electron chi connectivity index (χ1n) is 7.43. The highest BCUT2D eigenvalue weighted by Crippen LogP contribution is 2.53. The molecule has 1 fully saturated rings. The minimum Gasteiger partial charge on any atom is -0.443 e. The topological polar surface area (TPSA) is 46.6 Å². The van der Waals surface area contributed by atoms with Crippen molar-refractivity contribution >= 4 is 18.1 Å². The minimum atomic E-state index is -0.545. The zero-order valence-corrected chi connectivity index (χ0v) is 12.8. The summed E-state index contributed by atoms with van der Waals surface area (Å²) in [5.41, 5.74) is 1.07. The molecule has 21 heavy (non-hydrogen) atoms. The number of aldehydes is 1. The van der Waals surface area contributed by atoms with E-state index in [9.17, 15) is 9.59 Å². The highest BCUT2D eigenvalue weighted by Gasteiger charge is 2.56. The van der Waals surface area contributed by atoms with Crippen LogP contribution in [0.2, 0.25) is 0 Å². The molecule has 0 spiro atoms. The third-order valence-electron chi connectivity index (χ3n) is 4.29. The van der Waals surface area contributed by atoms with Crippen LogP contribution < -0.4 is 4.90 Å². The predicted molar refractivity (Wildman–Crippen MR) is 80.4 cm³/mol. The molecule has 4 nitrogen and oxygen atoms in total. The van der Waals surface area contributed by atoms with Gasteiger partial charge in [-0.05, 0) is 51.7 Å². The van der Waals surface area contributed by atoms with Crippen molar-refractivity contribution in [3.8, 4) is 0 Å². The van der Waals surface area contributed by atoms with Crippen molar-refractivity contribution in [2.24, 2.45) is 5.41 Å². The molecule has 0 saturated heterocycles. The van der Waals surface area contributed by atoms with Gasteiger partial charge in [0.05, 0.1) is 11.7 Å². The van der Waals surface area contributed by atoms with E-state index in [0.717, 1.165) is 36.8 Å². The van der Waals surface area contributed by atoms with Gasteiger partial charge in [0.25, 0.3) is 0 Å². The van der Waals surface area contributed by atoms with Crippen LogP contribution in [-0.4, -0.2) is 24.0 Å². The predicted octanol–water partition coefficient (Wildman–Crippen LogP) is 3.33. The van der Waals surface area contributed by atoms with Crippen molar-refractivity contribution in [3.05, 3.63) is 29.8 Å². The number of ether oxygens (including phenoxy) is 1. The Labute approximate surface area is 125 Å². The molecule has 1 aliphatic heterocycles. The van der Waals surface area contributed by atoms with Crippen LogP contribution in [0.3, 0.4) is 0 Å². The molecule has 0 bridgehead atoms. The number of hydrogen-bond donors (Lipinski definition) is 0. The van der Waals surface area contributed by atoms with E-state index in [-0.39, 0.29) is 17.6 Å². The number of hydrogen-bond acceptors (Lipinski definition) is 3. The van der Waals surface area contributed by atoms with E-state index in [1.165, 1.54) is 0 Å². The number of fused-ring (bicyclic) bond motifs is 1. The smallest absolute Gasteiger partial charge is 0.415 e. The van der Waals surface area contributed by atoms with E-state index >= 15 is 0 Å². The molecule has 2 aliphatic rings. The second kappa shape index (κ2) is 4.58. The van der Waals surface area contributed by atoms with Gasteiger partial charge in [-0.2, -0.15) is 0 Å². The summed E-state index contributed by atoms with van der Waals surface area (Å²) in [6.45, 7) is 5.57. The van der Waals surface area contributed by atoms with Crippen LogP contribution in [0, 0.1) is 5.41 Å². The van der Waals surface area contributed by atoms with E-state index < -0.39 is 5.60 Å². The number of rotatable bonds is 2. The average molecular weight is 287 g/mol. The van der Waals surface area contributed by atoms with Gasteiger partial charge in [-0.3, -0.25) is 4.90 Å². The number of carbonyl (C=O) groups excluding carboxylic acids is 2. The summed E-state index contributed by atoms with van der Waals surface area (Å²) in [4.78, 5) is 25.8. The fraction of sp³-hybridized carbons (Fsp3) is 0.529. The third-order valence-corrected chi connectivity index (χ3v) is 4.29. The van der Waals surface area contributed by atoms with Crippen LogP contribution in [0.5, 0.6) is 0 Å². The first kappa shape index (κ1) is 14.1. The second-order valence-corrected chi connectivity index (χ2v) is 7.05. The number of amides is 1. The van der Waals surface area contributed by atoms with Crippen molar-refractivity contribution < 1.29 is 14.3 Å². The van der Waals surface area contributed by atoms with Gasteiger partial charge in [0.1, 0.15) is 11.9 Å². The number of benzene rings is 1. The van der Waals surface area contributed by atoms with Crippen molar-refractivity contribution in [1.82, 2.24) is 0 Å². The molecule has 4 heteroatoms. The molecule has 1 aliphatic carbocycles.